The highest BCUT2D eigenvalue weighted by atomic mass is 35.5. The quantitative estimate of drug-likeness (QED) is 0.899. The number of hydrogen-bond acceptors (Lipinski definition) is 2. The average molecular weight is 296 g/mol. The molecule has 0 fully saturated rings. The summed E-state index contributed by atoms with van der Waals surface area (Å²) in [6.07, 6.45) is -5.95. The van der Waals surface area contributed by atoms with E-state index in [2.05, 4.69) is 5.32 Å². The number of amides is 1. The average Bonchev–Trinajstić information content (AvgIpc) is 2.21. The lowest BCUT2D eigenvalue weighted by Gasteiger charge is -2.25. The number of benzene rings is 1. The van der Waals surface area contributed by atoms with Crippen molar-refractivity contribution < 1.29 is 23.1 Å². The third kappa shape index (κ3) is 4.11. The number of nitrogens with one attached hydrogen (secondary N) is 1. The van der Waals surface area contributed by atoms with Gasteiger partial charge in [-0.2, -0.15) is 13.2 Å². The number of hydrogen-bond donors (Lipinski definition) is 2. The second-order valence-corrected chi connectivity index (χ2v) is 4.89. The van der Waals surface area contributed by atoms with Crippen molar-refractivity contribution in [1.29, 1.82) is 0 Å². The van der Waals surface area contributed by atoms with Crippen LogP contribution >= 0.6 is 11.6 Å². The Kier molecular flexibility index (Phi) is 4.47. The summed E-state index contributed by atoms with van der Waals surface area (Å²) in [4.78, 5) is 11.5. The third-order valence-corrected chi connectivity index (χ3v) is 2.82. The van der Waals surface area contributed by atoms with Crippen LogP contribution in [0, 0.1) is 6.92 Å². The van der Waals surface area contributed by atoms with Crippen LogP contribution in [0.3, 0.4) is 0 Å². The number of halogens is 4. The first-order valence-electron chi connectivity index (χ1n) is 5.38. The molecule has 0 spiro atoms. The van der Waals surface area contributed by atoms with Crippen LogP contribution in [-0.2, 0) is 4.79 Å². The maximum absolute atomic E-state index is 12.4. The van der Waals surface area contributed by atoms with Crippen molar-refractivity contribution in [3.05, 3.63) is 28.8 Å². The molecule has 0 heterocycles. The summed E-state index contributed by atoms with van der Waals surface area (Å²) in [7, 11) is 0. The Morgan fingerprint density at radius 3 is 2.53 bits per heavy atom. The zero-order chi connectivity index (χ0) is 14.8. The number of carbonyl (C=O) groups is 1. The highest BCUT2D eigenvalue weighted by molar-refractivity contribution is 6.31. The molecule has 1 rings (SSSR count). The van der Waals surface area contributed by atoms with E-state index in [9.17, 15) is 23.1 Å². The molecule has 1 aromatic rings. The van der Waals surface area contributed by atoms with Gasteiger partial charge in [-0.3, -0.25) is 4.79 Å². The molecule has 0 aliphatic rings. The van der Waals surface area contributed by atoms with E-state index in [4.69, 9.17) is 11.6 Å². The van der Waals surface area contributed by atoms with Crippen LogP contribution in [0.15, 0.2) is 18.2 Å². The summed E-state index contributed by atoms with van der Waals surface area (Å²) < 4.78 is 37.3. The SMILES string of the molecule is Cc1ccc(Cl)cc1NC(=O)C[C@](C)(O)C(F)(F)F. The number of anilines is 1. The number of alkyl halides is 3. The standard InChI is InChI=1S/C12H13ClF3NO2/c1-7-3-4-8(13)5-9(7)17-10(18)6-11(2,19)12(14,15)16/h3-5,19H,6H2,1-2H3,(H,17,18)/t11-/m0/s1. The fraction of sp³-hybridized carbons (Fsp3) is 0.417. The summed E-state index contributed by atoms with van der Waals surface area (Å²) in [6.45, 7) is 2.23. The van der Waals surface area contributed by atoms with Crippen LogP contribution in [0.5, 0.6) is 0 Å². The molecular formula is C12H13ClF3NO2. The molecule has 1 amide bonds. The van der Waals surface area contributed by atoms with E-state index in [0.717, 1.165) is 0 Å². The normalized spacial score (nSPS) is 14.9. The van der Waals surface area contributed by atoms with Gasteiger partial charge < -0.3 is 10.4 Å². The molecule has 0 aromatic heterocycles. The Morgan fingerprint density at radius 1 is 1.42 bits per heavy atom. The van der Waals surface area contributed by atoms with Crippen LogP contribution in [0.25, 0.3) is 0 Å². The summed E-state index contributed by atoms with van der Waals surface area (Å²) in [5, 5.41) is 11.9. The van der Waals surface area contributed by atoms with E-state index in [1.807, 2.05) is 0 Å². The van der Waals surface area contributed by atoms with Crippen LogP contribution in [0.1, 0.15) is 18.9 Å². The molecule has 106 valence electrons. The van der Waals surface area contributed by atoms with Crippen LogP contribution in [-0.4, -0.2) is 22.8 Å². The van der Waals surface area contributed by atoms with Gasteiger partial charge in [0.25, 0.3) is 0 Å². The van der Waals surface area contributed by atoms with Gasteiger partial charge in [-0.15, -0.1) is 0 Å². The Labute approximate surface area is 113 Å². The van der Waals surface area contributed by atoms with Gasteiger partial charge in [-0.25, -0.2) is 0 Å². The van der Waals surface area contributed by atoms with Gasteiger partial charge in [0.05, 0.1) is 6.42 Å². The Balaban J connectivity index is 2.79. The van der Waals surface area contributed by atoms with Crippen molar-refractivity contribution in [2.75, 3.05) is 5.32 Å². The molecule has 0 radical (unpaired) electrons. The summed E-state index contributed by atoms with van der Waals surface area (Å²) in [5.41, 5.74) is -2.09. The van der Waals surface area contributed by atoms with Gasteiger partial charge >= 0.3 is 6.18 Å². The zero-order valence-electron chi connectivity index (χ0n) is 10.3. The van der Waals surface area contributed by atoms with E-state index in [-0.39, 0.29) is 0 Å². The molecule has 19 heavy (non-hydrogen) atoms. The fourth-order valence-electron chi connectivity index (χ4n) is 1.34. The Hall–Kier alpha value is -1.27. The maximum Gasteiger partial charge on any atom is 0.417 e. The monoisotopic (exact) mass is 295 g/mol. The van der Waals surface area contributed by atoms with E-state index < -0.39 is 24.1 Å². The Bertz CT molecular complexity index is 486. The lowest BCUT2D eigenvalue weighted by Crippen LogP contribution is -2.44. The topological polar surface area (TPSA) is 49.3 Å². The summed E-state index contributed by atoms with van der Waals surface area (Å²) in [5.74, 6) is -0.937. The second kappa shape index (κ2) is 5.38. The number of rotatable bonds is 3. The highest BCUT2D eigenvalue weighted by Gasteiger charge is 2.50. The number of carbonyl (C=O) groups excluding carboxylic acids is 1. The van der Waals surface area contributed by atoms with E-state index in [1.54, 1.807) is 19.1 Å². The van der Waals surface area contributed by atoms with Gasteiger partial charge in [0.1, 0.15) is 0 Å². The fourth-order valence-corrected chi connectivity index (χ4v) is 1.51. The predicted molar refractivity (Wildman–Crippen MR) is 66.1 cm³/mol. The van der Waals surface area contributed by atoms with Gasteiger partial charge in [0.15, 0.2) is 5.60 Å². The lowest BCUT2D eigenvalue weighted by molar-refractivity contribution is -0.252. The molecule has 0 aliphatic carbocycles. The minimum Gasteiger partial charge on any atom is -0.380 e. The third-order valence-electron chi connectivity index (χ3n) is 2.59. The van der Waals surface area contributed by atoms with Crippen molar-refractivity contribution in [3.8, 4) is 0 Å². The smallest absolute Gasteiger partial charge is 0.380 e. The number of aliphatic hydroxyl groups is 1. The van der Waals surface area contributed by atoms with Crippen molar-refractivity contribution in [1.82, 2.24) is 0 Å². The lowest BCUT2D eigenvalue weighted by atomic mass is 10.0. The van der Waals surface area contributed by atoms with E-state index in [0.29, 0.717) is 23.2 Å². The number of aryl methyl sites for hydroxylation is 1. The summed E-state index contributed by atoms with van der Waals surface area (Å²) >= 11 is 5.73. The first-order valence-corrected chi connectivity index (χ1v) is 5.76. The molecule has 0 aliphatic heterocycles. The van der Waals surface area contributed by atoms with E-state index in [1.165, 1.54) is 6.07 Å². The van der Waals surface area contributed by atoms with Gasteiger partial charge in [0.2, 0.25) is 5.91 Å². The minimum absolute atomic E-state index is 0.315. The molecule has 0 saturated heterocycles. The maximum atomic E-state index is 12.4. The largest absolute Gasteiger partial charge is 0.417 e. The summed E-state index contributed by atoms with van der Waals surface area (Å²) in [6, 6.07) is 4.65. The van der Waals surface area contributed by atoms with Crippen molar-refractivity contribution in [2.45, 2.75) is 32.0 Å². The first-order chi connectivity index (χ1) is 8.53. The molecule has 0 saturated carbocycles. The van der Waals surface area contributed by atoms with Gasteiger partial charge in [-0.05, 0) is 31.5 Å². The molecule has 1 aromatic carbocycles. The van der Waals surface area contributed by atoms with E-state index >= 15 is 0 Å². The van der Waals surface area contributed by atoms with Gasteiger partial charge in [-0.1, -0.05) is 17.7 Å². The first kappa shape index (κ1) is 15.8. The molecule has 0 bridgehead atoms. The van der Waals surface area contributed by atoms with Crippen molar-refractivity contribution >= 4 is 23.2 Å². The minimum atomic E-state index is -4.87. The molecule has 1 atom stereocenters. The molecule has 7 heteroatoms. The molecule has 2 N–H and O–H groups in total. The molecule has 0 unspecified atom stereocenters. The second-order valence-electron chi connectivity index (χ2n) is 4.46. The van der Waals surface area contributed by atoms with Crippen molar-refractivity contribution in [3.63, 3.8) is 0 Å². The van der Waals surface area contributed by atoms with Gasteiger partial charge in [0, 0.05) is 10.7 Å². The van der Waals surface area contributed by atoms with Crippen LogP contribution < -0.4 is 5.32 Å². The highest BCUT2D eigenvalue weighted by Crippen LogP contribution is 2.33. The molecular weight excluding hydrogens is 283 g/mol. The Morgan fingerprint density at radius 2 is 2.00 bits per heavy atom. The van der Waals surface area contributed by atoms with Crippen molar-refractivity contribution in [2.24, 2.45) is 0 Å². The zero-order valence-corrected chi connectivity index (χ0v) is 11.1. The molecule has 3 nitrogen and oxygen atoms in total. The van der Waals surface area contributed by atoms with Crippen LogP contribution in [0.4, 0.5) is 18.9 Å². The predicted octanol–water partition coefficient (Wildman–Crippen LogP) is 3.29. The van der Waals surface area contributed by atoms with Crippen LogP contribution in [0.2, 0.25) is 5.02 Å².